The van der Waals surface area contributed by atoms with Crippen LogP contribution in [0.2, 0.25) is 0 Å². The van der Waals surface area contributed by atoms with Gasteiger partial charge in [0.05, 0.1) is 22.6 Å². The third-order valence-corrected chi connectivity index (χ3v) is 4.80. The van der Waals surface area contributed by atoms with Gasteiger partial charge in [-0.15, -0.1) is 12.4 Å². The molecule has 130 valence electrons. The van der Waals surface area contributed by atoms with E-state index in [4.69, 9.17) is 5.73 Å². The lowest BCUT2D eigenvalue weighted by Gasteiger charge is -2.19. The molecule has 1 heterocycles. The number of nitrogens with one attached hydrogen (secondary N) is 1. The van der Waals surface area contributed by atoms with Crippen LogP contribution < -0.4 is 11.1 Å². The fraction of sp³-hybridized carbons (Fsp3) is 0.444. The summed E-state index contributed by atoms with van der Waals surface area (Å²) in [6.45, 7) is 4.46. The second kappa shape index (κ2) is 7.81. The average molecular weight is 349 g/mol. The minimum atomic E-state index is -0.0347. The van der Waals surface area contributed by atoms with Crippen LogP contribution in [0.25, 0.3) is 5.69 Å². The molecule has 1 amide bonds. The fourth-order valence-electron chi connectivity index (χ4n) is 3.54. The van der Waals surface area contributed by atoms with Crippen LogP contribution in [-0.4, -0.2) is 28.3 Å². The monoisotopic (exact) mass is 348 g/mol. The zero-order valence-corrected chi connectivity index (χ0v) is 15.0. The summed E-state index contributed by atoms with van der Waals surface area (Å²) in [4.78, 5) is 12.7. The zero-order valence-electron chi connectivity index (χ0n) is 14.2. The van der Waals surface area contributed by atoms with Crippen LogP contribution in [-0.2, 0) is 0 Å². The number of hydrogen-bond acceptors (Lipinski definition) is 3. The first-order valence-electron chi connectivity index (χ1n) is 8.24. The minimum Gasteiger partial charge on any atom is -0.349 e. The number of benzene rings is 1. The van der Waals surface area contributed by atoms with Crippen LogP contribution in [0.1, 0.15) is 41.0 Å². The summed E-state index contributed by atoms with van der Waals surface area (Å²) in [5.41, 5.74) is 9.08. The lowest BCUT2D eigenvalue weighted by Crippen LogP contribution is -2.40. The van der Waals surface area contributed by atoms with Crippen molar-refractivity contribution in [1.82, 2.24) is 15.1 Å². The van der Waals surface area contributed by atoms with Gasteiger partial charge in [0.2, 0.25) is 0 Å². The number of halogens is 1. The van der Waals surface area contributed by atoms with Crippen LogP contribution in [0.5, 0.6) is 0 Å². The van der Waals surface area contributed by atoms with E-state index < -0.39 is 0 Å². The summed E-state index contributed by atoms with van der Waals surface area (Å²) >= 11 is 0. The Morgan fingerprint density at radius 2 is 2.00 bits per heavy atom. The molecule has 3 N–H and O–H groups in total. The summed E-state index contributed by atoms with van der Waals surface area (Å²) in [6.07, 6.45) is 3.25. The topological polar surface area (TPSA) is 72.9 Å². The summed E-state index contributed by atoms with van der Waals surface area (Å²) in [7, 11) is 0. The normalized spacial score (nSPS) is 19.8. The van der Waals surface area contributed by atoms with Gasteiger partial charge in [-0.1, -0.05) is 24.6 Å². The number of carbonyl (C=O) groups is 1. The van der Waals surface area contributed by atoms with Crippen molar-refractivity contribution in [3.63, 3.8) is 0 Å². The molecule has 0 radical (unpaired) electrons. The Kier molecular flexibility index (Phi) is 6.02. The van der Waals surface area contributed by atoms with Crippen molar-refractivity contribution in [3.05, 3.63) is 47.3 Å². The smallest absolute Gasteiger partial charge is 0.255 e. The molecule has 0 spiro atoms. The van der Waals surface area contributed by atoms with Gasteiger partial charge in [-0.05, 0) is 51.3 Å². The maximum absolute atomic E-state index is 12.7. The molecular formula is C18H25ClN4O. The van der Waals surface area contributed by atoms with E-state index in [1.807, 2.05) is 48.9 Å². The number of nitrogens with zero attached hydrogens (tertiary/aromatic N) is 2. The third-order valence-electron chi connectivity index (χ3n) is 4.80. The molecule has 1 saturated carbocycles. The van der Waals surface area contributed by atoms with Gasteiger partial charge >= 0.3 is 0 Å². The number of aromatic nitrogens is 2. The maximum atomic E-state index is 12.7. The number of carbonyl (C=O) groups excluding carboxylic acids is 1. The molecule has 1 aliphatic rings. The van der Waals surface area contributed by atoms with Gasteiger partial charge in [-0.2, -0.15) is 5.10 Å². The Hall–Kier alpha value is -1.85. The molecule has 5 nitrogen and oxygen atoms in total. The summed E-state index contributed by atoms with van der Waals surface area (Å²) in [5.74, 6) is 0.358. The molecule has 2 atom stereocenters. The van der Waals surface area contributed by atoms with Crippen molar-refractivity contribution in [2.75, 3.05) is 6.54 Å². The number of aryl methyl sites for hydroxylation is 1. The second-order valence-electron chi connectivity index (χ2n) is 6.30. The van der Waals surface area contributed by atoms with E-state index in [0.717, 1.165) is 36.3 Å². The van der Waals surface area contributed by atoms with Gasteiger partial charge in [0.25, 0.3) is 5.91 Å². The highest BCUT2D eigenvalue weighted by molar-refractivity contribution is 5.96. The quantitative estimate of drug-likeness (QED) is 0.892. The summed E-state index contributed by atoms with van der Waals surface area (Å²) in [6, 6.07) is 10.1. The van der Waals surface area contributed by atoms with Crippen molar-refractivity contribution in [2.24, 2.45) is 11.7 Å². The molecular weight excluding hydrogens is 324 g/mol. The van der Waals surface area contributed by atoms with Crippen LogP contribution in [0.3, 0.4) is 0 Å². The lowest BCUT2D eigenvalue weighted by atomic mass is 10.0. The number of para-hydroxylation sites is 1. The Morgan fingerprint density at radius 3 is 2.67 bits per heavy atom. The average Bonchev–Trinajstić information content (AvgIpc) is 3.12. The predicted molar refractivity (Wildman–Crippen MR) is 97.9 cm³/mol. The largest absolute Gasteiger partial charge is 0.349 e. The standard InChI is InChI=1S/C18H24N4O.ClH/c1-12-17(18(23)20-16-10-6-7-14(16)11-19)13(2)22(21-12)15-8-4-3-5-9-15;/h3-5,8-9,14,16H,6-7,10-11,19H2,1-2H3,(H,20,23);1H. The lowest BCUT2D eigenvalue weighted by molar-refractivity contribution is 0.0927. The van der Waals surface area contributed by atoms with Gasteiger partial charge in [-0.25, -0.2) is 4.68 Å². The van der Waals surface area contributed by atoms with E-state index in [1.54, 1.807) is 0 Å². The first-order valence-corrected chi connectivity index (χ1v) is 8.24. The molecule has 6 heteroatoms. The van der Waals surface area contributed by atoms with E-state index in [0.29, 0.717) is 18.0 Å². The van der Waals surface area contributed by atoms with Crippen LogP contribution >= 0.6 is 12.4 Å². The molecule has 24 heavy (non-hydrogen) atoms. The van der Waals surface area contributed by atoms with Gasteiger partial charge in [0.1, 0.15) is 0 Å². The van der Waals surface area contributed by atoms with Crippen LogP contribution in [0, 0.1) is 19.8 Å². The van der Waals surface area contributed by atoms with Gasteiger partial charge in [-0.3, -0.25) is 4.79 Å². The number of rotatable bonds is 4. The Labute approximate surface area is 149 Å². The van der Waals surface area contributed by atoms with Gasteiger partial charge < -0.3 is 11.1 Å². The molecule has 0 aliphatic heterocycles. The Bertz CT molecular complexity index is 699. The molecule has 1 aromatic heterocycles. The van der Waals surface area contributed by atoms with E-state index in [1.165, 1.54) is 0 Å². The molecule has 3 rings (SSSR count). The number of amides is 1. The highest BCUT2D eigenvalue weighted by Gasteiger charge is 2.29. The molecule has 1 aliphatic carbocycles. The van der Waals surface area contributed by atoms with E-state index in [9.17, 15) is 4.79 Å². The molecule has 2 unspecified atom stereocenters. The highest BCUT2D eigenvalue weighted by atomic mass is 35.5. The van der Waals surface area contributed by atoms with Crippen molar-refractivity contribution >= 4 is 18.3 Å². The Morgan fingerprint density at radius 1 is 1.29 bits per heavy atom. The minimum absolute atomic E-state index is 0. The first kappa shape index (κ1) is 18.5. The SMILES string of the molecule is Cc1nn(-c2ccccc2)c(C)c1C(=O)NC1CCCC1CN.Cl. The first-order chi connectivity index (χ1) is 11.1. The number of nitrogens with two attached hydrogens (primary N) is 1. The van der Waals surface area contributed by atoms with Gasteiger partial charge in [0, 0.05) is 6.04 Å². The van der Waals surface area contributed by atoms with Gasteiger partial charge in [0.15, 0.2) is 0 Å². The summed E-state index contributed by atoms with van der Waals surface area (Å²) < 4.78 is 1.83. The van der Waals surface area contributed by atoms with Crippen molar-refractivity contribution < 1.29 is 4.79 Å². The maximum Gasteiger partial charge on any atom is 0.255 e. The Balaban J connectivity index is 0.00000208. The van der Waals surface area contributed by atoms with Crippen molar-refractivity contribution in [2.45, 2.75) is 39.2 Å². The van der Waals surface area contributed by atoms with Crippen molar-refractivity contribution in [1.29, 1.82) is 0 Å². The van der Waals surface area contributed by atoms with Crippen LogP contribution in [0.4, 0.5) is 0 Å². The number of hydrogen-bond donors (Lipinski definition) is 2. The molecule has 0 bridgehead atoms. The third kappa shape index (κ3) is 3.47. The zero-order chi connectivity index (χ0) is 16.4. The van der Waals surface area contributed by atoms with Crippen molar-refractivity contribution in [3.8, 4) is 5.69 Å². The van der Waals surface area contributed by atoms with E-state index in [-0.39, 0.29) is 24.4 Å². The second-order valence-corrected chi connectivity index (χ2v) is 6.30. The fourth-order valence-corrected chi connectivity index (χ4v) is 3.54. The van der Waals surface area contributed by atoms with E-state index >= 15 is 0 Å². The molecule has 2 aromatic rings. The molecule has 1 fully saturated rings. The summed E-state index contributed by atoms with van der Waals surface area (Å²) in [5, 5.41) is 7.72. The highest BCUT2D eigenvalue weighted by Crippen LogP contribution is 2.25. The van der Waals surface area contributed by atoms with E-state index in [2.05, 4.69) is 10.4 Å². The predicted octanol–water partition coefficient (Wildman–Crippen LogP) is 2.77. The molecule has 0 saturated heterocycles. The molecule has 1 aromatic carbocycles. The van der Waals surface area contributed by atoms with Crippen LogP contribution in [0.15, 0.2) is 30.3 Å².